The minimum absolute atomic E-state index is 0.000139. The number of rotatable bonds is 2. The zero-order chi connectivity index (χ0) is 9.84. The summed E-state index contributed by atoms with van der Waals surface area (Å²) >= 11 is 5.61. The van der Waals surface area contributed by atoms with Gasteiger partial charge in [-0.2, -0.15) is 5.26 Å². The van der Waals surface area contributed by atoms with E-state index < -0.39 is 0 Å². The predicted molar refractivity (Wildman–Crippen MR) is 44.9 cm³/mol. The second-order valence-corrected chi connectivity index (χ2v) is 2.38. The van der Waals surface area contributed by atoms with Crippen LogP contribution in [0.2, 0.25) is 5.15 Å². The molecule has 1 rings (SSSR count). The molecular weight excluding hydrogens is 194 g/mol. The molecule has 0 atom stereocenters. The summed E-state index contributed by atoms with van der Waals surface area (Å²) in [5.74, 6) is 0.341. The van der Waals surface area contributed by atoms with Gasteiger partial charge in [0, 0.05) is 0 Å². The van der Waals surface area contributed by atoms with Gasteiger partial charge in [-0.05, 0) is 0 Å². The highest BCUT2D eigenvalue weighted by atomic mass is 35.5. The first-order valence-corrected chi connectivity index (χ1v) is 3.66. The van der Waals surface area contributed by atoms with Gasteiger partial charge in [0.1, 0.15) is 11.6 Å². The summed E-state index contributed by atoms with van der Waals surface area (Å²) in [6.07, 6.45) is 0. The van der Waals surface area contributed by atoms with Crippen LogP contribution in [-0.4, -0.2) is 24.4 Å². The van der Waals surface area contributed by atoms with Crippen LogP contribution in [0, 0.1) is 11.3 Å². The first-order chi connectivity index (χ1) is 6.24. The molecule has 0 aliphatic heterocycles. The standard InChI is InChI=1S/C7H6ClN3O2/c1-12-5-4(3-9)6(8)10-11-7(5)13-2/h1-2H3. The van der Waals surface area contributed by atoms with Crippen molar-refractivity contribution in [3.05, 3.63) is 10.7 Å². The summed E-state index contributed by atoms with van der Waals surface area (Å²) in [5, 5.41) is 15.8. The van der Waals surface area contributed by atoms with Gasteiger partial charge in [0.05, 0.1) is 14.2 Å². The number of hydrogen-bond acceptors (Lipinski definition) is 5. The van der Waals surface area contributed by atoms with Gasteiger partial charge in [-0.1, -0.05) is 11.6 Å². The van der Waals surface area contributed by atoms with Gasteiger partial charge in [-0.15, -0.1) is 10.2 Å². The molecule has 0 saturated carbocycles. The minimum atomic E-state index is 0.000139. The van der Waals surface area contributed by atoms with E-state index in [0.29, 0.717) is 0 Å². The lowest BCUT2D eigenvalue weighted by molar-refractivity contribution is 0.337. The molecule has 0 N–H and O–H groups in total. The van der Waals surface area contributed by atoms with Gasteiger partial charge in [-0.25, -0.2) is 0 Å². The summed E-state index contributed by atoms with van der Waals surface area (Å²) < 4.78 is 9.73. The molecule has 68 valence electrons. The normalized spacial score (nSPS) is 9.08. The highest BCUT2D eigenvalue weighted by Crippen LogP contribution is 2.30. The molecule has 0 radical (unpaired) electrons. The third-order valence-electron chi connectivity index (χ3n) is 1.37. The molecule has 1 aromatic heterocycles. The average Bonchev–Trinajstić information content (AvgIpc) is 2.17. The highest BCUT2D eigenvalue weighted by Gasteiger charge is 2.16. The smallest absolute Gasteiger partial charge is 0.277 e. The third kappa shape index (κ3) is 1.63. The number of methoxy groups -OCH3 is 2. The maximum atomic E-state index is 8.71. The van der Waals surface area contributed by atoms with Crippen molar-refractivity contribution in [3.63, 3.8) is 0 Å². The molecule has 0 amide bonds. The Morgan fingerprint density at radius 2 is 2.00 bits per heavy atom. The van der Waals surface area contributed by atoms with E-state index in [-0.39, 0.29) is 22.3 Å². The van der Waals surface area contributed by atoms with Gasteiger partial charge in [0.2, 0.25) is 5.75 Å². The fourth-order valence-corrected chi connectivity index (χ4v) is 0.971. The van der Waals surface area contributed by atoms with Crippen molar-refractivity contribution < 1.29 is 9.47 Å². The summed E-state index contributed by atoms with van der Waals surface area (Å²) in [5.41, 5.74) is 0.121. The topological polar surface area (TPSA) is 68.0 Å². The fourth-order valence-electron chi connectivity index (χ4n) is 0.805. The van der Waals surface area contributed by atoms with Gasteiger partial charge < -0.3 is 9.47 Å². The second-order valence-electron chi connectivity index (χ2n) is 2.02. The number of hydrogen-bond donors (Lipinski definition) is 0. The van der Waals surface area contributed by atoms with Crippen molar-refractivity contribution >= 4 is 11.6 Å². The molecule has 0 aliphatic carbocycles. The minimum Gasteiger partial charge on any atom is -0.490 e. The van der Waals surface area contributed by atoms with Crippen molar-refractivity contribution in [1.82, 2.24) is 10.2 Å². The van der Waals surface area contributed by atoms with Gasteiger partial charge in [-0.3, -0.25) is 0 Å². The van der Waals surface area contributed by atoms with Crippen molar-refractivity contribution in [1.29, 1.82) is 5.26 Å². The van der Waals surface area contributed by atoms with Gasteiger partial charge in [0.25, 0.3) is 5.88 Å². The van der Waals surface area contributed by atoms with Crippen LogP contribution in [-0.2, 0) is 0 Å². The van der Waals surface area contributed by atoms with E-state index in [2.05, 4.69) is 10.2 Å². The Morgan fingerprint density at radius 1 is 1.31 bits per heavy atom. The lowest BCUT2D eigenvalue weighted by Gasteiger charge is -2.06. The SMILES string of the molecule is COc1nnc(Cl)c(C#N)c1OC. The molecule has 0 bridgehead atoms. The number of aromatic nitrogens is 2. The molecule has 0 aliphatic rings. The van der Waals surface area contributed by atoms with Crippen LogP contribution in [0.5, 0.6) is 11.6 Å². The monoisotopic (exact) mass is 199 g/mol. The largest absolute Gasteiger partial charge is 0.490 e. The maximum Gasteiger partial charge on any atom is 0.277 e. The molecule has 13 heavy (non-hydrogen) atoms. The number of ether oxygens (including phenoxy) is 2. The number of nitrogens with zero attached hydrogens (tertiary/aromatic N) is 3. The van der Waals surface area contributed by atoms with E-state index in [1.165, 1.54) is 14.2 Å². The maximum absolute atomic E-state index is 8.71. The lowest BCUT2D eigenvalue weighted by Crippen LogP contribution is -1.99. The molecule has 0 spiro atoms. The molecule has 0 fully saturated rings. The molecule has 5 nitrogen and oxygen atoms in total. The van der Waals surface area contributed by atoms with Crippen molar-refractivity contribution in [2.45, 2.75) is 0 Å². The zero-order valence-electron chi connectivity index (χ0n) is 7.04. The predicted octanol–water partition coefficient (Wildman–Crippen LogP) is 1.02. The molecule has 6 heteroatoms. The van der Waals surface area contributed by atoms with E-state index in [1.54, 1.807) is 0 Å². The molecule has 0 saturated heterocycles. The van der Waals surface area contributed by atoms with Gasteiger partial charge >= 0.3 is 0 Å². The Kier molecular flexibility index (Phi) is 2.88. The van der Waals surface area contributed by atoms with Crippen LogP contribution in [0.3, 0.4) is 0 Å². The van der Waals surface area contributed by atoms with E-state index in [9.17, 15) is 0 Å². The van der Waals surface area contributed by atoms with E-state index in [4.69, 9.17) is 26.3 Å². The Hall–Kier alpha value is -1.54. The summed E-state index contributed by atoms with van der Waals surface area (Å²) in [6, 6.07) is 1.85. The average molecular weight is 200 g/mol. The first-order valence-electron chi connectivity index (χ1n) is 3.28. The molecule has 1 aromatic rings. The second kappa shape index (κ2) is 3.92. The number of nitriles is 1. The van der Waals surface area contributed by atoms with E-state index in [0.717, 1.165) is 0 Å². The lowest BCUT2D eigenvalue weighted by atomic mass is 10.3. The van der Waals surface area contributed by atoms with E-state index in [1.807, 2.05) is 6.07 Å². The first kappa shape index (κ1) is 9.55. The molecule has 0 unspecified atom stereocenters. The molecule has 0 aromatic carbocycles. The van der Waals surface area contributed by atoms with Crippen molar-refractivity contribution in [2.24, 2.45) is 0 Å². The van der Waals surface area contributed by atoms with Gasteiger partial charge in [0.15, 0.2) is 5.15 Å². The quantitative estimate of drug-likeness (QED) is 0.711. The van der Waals surface area contributed by atoms with Crippen LogP contribution in [0.15, 0.2) is 0 Å². The Bertz CT molecular complexity index is 361. The molecule has 1 heterocycles. The van der Waals surface area contributed by atoms with E-state index >= 15 is 0 Å². The third-order valence-corrected chi connectivity index (χ3v) is 1.63. The Morgan fingerprint density at radius 3 is 2.46 bits per heavy atom. The van der Waals surface area contributed by atoms with Crippen LogP contribution in [0.4, 0.5) is 0 Å². The summed E-state index contributed by atoms with van der Waals surface area (Å²) in [6.45, 7) is 0. The van der Waals surface area contributed by atoms with Crippen LogP contribution in [0.25, 0.3) is 0 Å². The van der Waals surface area contributed by atoms with Crippen molar-refractivity contribution in [2.75, 3.05) is 14.2 Å². The number of halogens is 1. The van der Waals surface area contributed by atoms with Crippen LogP contribution < -0.4 is 9.47 Å². The Balaban J connectivity index is 3.38. The zero-order valence-corrected chi connectivity index (χ0v) is 7.79. The van der Waals surface area contributed by atoms with Crippen molar-refractivity contribution in [3.8, 4) is 17.7 Å². The van der Waals surface area contributed by atoms with Crippen LogP contribution in [0.1, 0.15) is 5.56 Å². The highest BCUT2D eigenvalue weighted by molar-refractivity contribution is 6.30. The molecular formula is C7H6ClN3O2. The fraction of sp³-hybridized carbons (Fsp3) is 0.286. The summed E-state index contributed by atoms with van der Waals surface area (Å²) in [4.78, 5) is 0. The summed E-state index contributed by atoms with van der Waals surface area (Å²) in [7, 11) is 2.80. The Labute approximate surface area is 79.9 Å². The van der Waals surface area contributed by atoms with Crippen LogP contribution >= 0.6 is 11.6 Å².